The predicted molar refractivity (Wildman–Crippen MR) is 112 cm³/mol. The number of carbonyl (C=O) groups is 3. The fraction of sp³-hybridized carbons (Fsp3) is 0.0455. The Bertz CT molecular complexity index is 1270. The number of fused-ring (bicyclic) bond motifs is 1. The molecule has 0 saturated heterocycles. The third-order valence-corrected chi connectivity index (χ3v) is 5.61. The number of carbonyl (C=O) groups excluding carboxylic acids is 3. The highest BCUT2D eigenvalue weighted by Crippen LogP contribution is 2.35. The van der Waals surface area contributed by atoms with Gasteiger partial charge in [-0.25, -0.2) is 9.18 Å². The maximum absolute atomic E-state index is 13.1. The molecule has 0 spiro atoms. The van der Waals surface area contributed by atoms with Gasteiger partial charge in [0, 0.05) is 22.0 Å². The number of amides is 1. The minimum absolute atomic E-state index is 0.0864. The second kappa shape index (κ2) is 7.92. The van der Waals surface area contributed by atoms with Crippen LogP contribution in [0.15, 0.2) is 66.9 Å². The average molecular weight is 422 g/mol. The van der Waals surface area contributed by atoms with Gasteiger partial charge in [0.05, 0.1) is 18.5 Å². The number of nitrogens with zero attached hydrogens (tertiary/aromatic N) is 1. The number of ether oxygens (including phenoxy) is 1. The standard InChI is InChI=1S/C22H15FN2O4S/c1-29-22(28)20-18(15-5-2-3-7-17(15)30-20)25-12-4-6-16(25)19(26)21(27)24-14-10-8-13(23)9-11-14/h2-12H,1H3,(H,24,27). The lowest BCUT2D eigenvalue weighted by Gasteiger charge is -2.10. The lowest BCUT2D eigenvalue weighted by molar-refractivity contribution is -0.112. The first kappa shape index (κ1) is 19.5. The molecule has 2 heterocycles. The summed E-state index contributed by atoms with van der Waals surface area (Å²) in [7, 11) is 1.29. The Labute approximate surface area is 174 Å². The minimum atomic E-state index is -0.874. The molecule has 0 fully saturated rings. The Balaban J connectivity index is 1.75. The molecule has 0 radical (unpaired) electrons. The Morgan fingerprint density at radius 1 is 1.00 bits per heavy atom. The maximum atomic E-state index is 13.1. The van der Waals surface area contributed by atoms with Crippen LogP contribution in [0.5, 0.6) is 0 Å². The number of Topliss-reactive ketones (excluding diaryl/α,β-unsaturated/α-hetero) is 1. The third-order valence-electron chi connectivity index (χ3n) is 4.47. The van der Waals surface area contributed by atoms with Gasteiger partial charge in [0.15, 0.2) is 0 Å². The summed E-state index contributed by atoms with van der Waals surface area (Å²) in [4.78, 5) is 38.0. The van der Waals surface area contributed by atoms with Crippen molar-refractivity contribution in [2.75, 3.05) is 12.4 Å². The molecule has 1 amide bonds. The van der Waals surface area contributed by atoms with Gasteiger partial charge in [-0.2, -0.15) is 0 Å². The SMILES string of the molecule is COC(=O)c1sc2ccccc2c1-n1cccc1C(=O)C(=O)Nc1ccc(F)cc1. The second-order valence-corrected chi connectivity index (χ2v) is 7.37. The van der Waals surface area contributed by atoms with Gasteiger partial charge in [0.25, 0.3) is 11.7 Å². The van der Waals surface area contributed by atoms with Crippen molar-refractivity contribution in [2.45, 2.75) is 0 Å². The highest BCUT2D eigenvalue weighted by Gasteiger charge is 2.26. The molecule has 150 valence electrons. The lowest BCUT2D eigenvalue weighted by atomic mass is 10.2. The predicted octanol–water partition coefficient (Wildman–Crippen LogP) is 4.44. The van der Waals surface area contributed by atoms with Crippen molar-refractivity contribution in [3.8, 4) is 5.69 Å². The van der Waals surface area contributed by atoms with E-state index >= 15 is 0 Å². The van der Waals surface area contributed by atoms with Crippen molar-refractivity contribution in [3.63, 3.8) is 0 Å². The topological polar surface area (TPSA) is 77.4 Å². The van der Waals surface area contributed by atoms with E-state index in [0.29, 0.717) is 16.3 Å². The molecule has 2 aromatic heterocycles. The number of aromatic nitrogens is 1. The molecule has 0 saturated carbocycles. The number of anilines is 1. The minimum Gasteiger partial charge on any atom is -0.465 e. The average Bonchev–Trinajstić information content (AvgIpc) is 3.38. The quantitative estimate of drug-likeness (QED) is 0.293. The molecule has 4 aromatic rings. The zero-order chi connectivity index (χ0) is 21.3. The maximum Gasteiger partial charge on any atom is 0.350 e. The molecule has 30 heavy (non-hydrogen) atoms. The normalized spacial score (nSPS) is 10.7. The smallest absolute Gasteiger partial charge is 0.350 e. The van der Waals surface area contributed by atoms with Gasteiger partial charge in [-0.3, -0.25) is 9.59 Å². The first-order valence-corrected chi connectivity index (χ1v) is 9.70. The lowest BCUT2D eigenvalue weighted by Crippen LogP contribution is -2.25. The van der Waals surface area contributed by atoms with E-state index < -0.39 is 23.5 Å². The fourth-order valence-electron chi connectivity index (χ4n) is 3.10. The van der Waals surface area contributed by atoms with E-state index in [1.165, 1.54) is 53.3 Å². The van der Waals surface area contributed by atoms with Crippen LogP contribution in [0.25, 0.3) is 15.8 Å². The van der Waals surface area contributed by atoms with Crippen LogP contribution < -0.4 is 5.32 Å². The van der Waals surface area contributed by atoms with Crippen molar-refractivity contribution >= 4 is 44.8 Å². The van der Waals surface area contributed by atoms with E-state index in [4.69, 9.17) is 4.74 Å². The van der Waals surface area contributed by atoms with Crippen molar-refractivity contribution in [1.82, 2.24) is 4.57 Å². The van der Waals surface area contributed by atoms with E-state index in [1.807, 2.05) is 24.3 Å². The number of methoxy groups -OCH3 is 1. The molecule has 1 N–H and O–H groups in total. The van der Waals surface area contributed by atoms with Crippen molar-refractivity contribution in [3.05, 3.63) is 83.2 Å². The van der Waals surface area contributed by atoms with E-state index in [9.17, 15) is 18.8 Å². The molecule has 0 aliphatic rings. The highest BCUT2D eigenvalue weighted by molar-refractivity contribution is 7.21. The molecule has 0 aliphatic carbocycles. The van der Waals surface area contributed by atoms with Crippen molar-refractivity contribution in [1.29, 1.82) is 0 Å². The number of rotatable bonds is 5. The van der Waals surface area contributed by atoms with Crippen LogP contribution in [0.4, 0.5) is 10.1 Å². The summed E-state index contributed by atoms with van der Waals surface area (Å²) in [6.07, 6.45) is 1.61. The summed E-state index contributed by atoms with van der Waals surface area (Å²) in [5, 5.41) is 3.21. The number of halogens is 1. The Kier molecular flexibility index (Phi) is 5.16. The largest absolute Gasteiger partial charge is 0.465 e. The number of hydrogen-bond donors (Lipinski definition) is 1. The Morgan fingerprint density at radius 3 is 2.47 bits per heavy atom. The van der Waals surface area contributed by atoms with Crippen molar-refractivity contribution < 1.29 is 23.5 Å². The van der Waals surface area contributed by atoms with Crippen LogP contribution in [0.2, 0.25) is 0 Å². The van der Waals surface area contributed by atoms with Gasteiger partial charge >= 0.3 is 5.97 Å². The molecule has 0 atom stereocenters. The van der Waals surface area contributed by atoms with Gasteiger partial charge < -0.3 is 14.6 Å². The fourth-order valence-corrected chi connectivity index (χ4v) is 4.21. The van der Waals surface area contributed by atoms with E-state index in [2.05, 4.69) is 5.32 Å². The second-order valence-electron chi connectivity index (χ2n) is 6.32. The Hall–Kier alpha value is -3.78. The summed E-state index contributed by atoms with van der Waals surface area (Å²) >= 11 is 1.24. The van der Waals surface area contributed by atoms with E-state index in [1.54, 1.807) is 12.3 Å². The first-order chi connectivity index (χ1) is 14.5. The molecule has 8 heteroatoms. The number of esters is 1. The summed E-state index contributed by atoms with van der Waals surface area (Å²) in [5.41, 5.74) is 0.859. The summed E-state index contributed by atoms with van der Waals surface area (Å²) in [5.74, 6) is -2.65. The summed E-state index contributed by atoms with van der Waals surface area (Å²) in [6.45, 7) is 0. The summed E-state index contributed by atoms with van der Waals surface area (Å²) in [6, 6.07) is 15.6. The van der Waals surface area contributed by atoms with Gasteiger partial charge in [-0.05, 0) is 42.5 Å². The van der Waals surface area contributed by atoms with Crippen LogP contribution in [0.3, 0.4) is 0 Å². The molecular formula is C22H15FN2O4S. The molecule has 0 aliphatic heterocycles. The Morgan fingerprint density at radius 2 is 1.73 bits per heavy atom. The molecule has 6 nitrogen and oxygen atoms in total. The molecule has 0 bridgehead atoms. The number of ketones is 1. The van der Waals surface area contributed by atoms with Crippen LogP contribution in [-0.4, -0.2) is 29.3 Å². The number of nitrogens with one attached hydrogen (secondary N) is 1. The third kappa shape index (κ3) is 3.48. The van der Waals surface area contributed by atoms with Gasteiger partial charge in [0.1, 0.15) is 10.7 Å². The zero-order valence-electron chi connectivity index (χ0n) is 15.7. The molecule has 0 unspecified atom stereocenters. The number of thiophene rings is 1. The van der Waals surface area contributed by atoms with Crippen LogP contribution in [0.1, 0.15) is 20.2 Å². The van der Waals surface area contributed by atoms with E-state index in [-0.39, 0.29) is 5.69 Å². The van der Waals surface area contributed by atoms with E-state index in [0.717, 1.165) is 10.1 Å². The number of benzene rings is 2. The van der Waals surface area contributed by atoms with Gasteiger partial charge in [0.2, 0.25) is 0 Å². The molecular weight excluding hydrogens is 407 g/mol. The molecule has 4 rings (SSSR count). The highest BCUT2D eigenvalue weighted by atomic mass is 32.1. The molecule has 2 aromatic carbocycles. The van der Waals surface area contributed by atoms with Gasteiger partial charge in [-0.1, -0.05) is 18.2 Å². The summed E-state index contributed by atoms with van der Waals surface area (Å²) < 4.78 is 20.3. The van der Waals surface area contributed by atoms with Crippen LogP contribution in [-0.2, 0) is 9.53 Å². The van der Waals surface area contributed by atoms with Crippen LogP contribution in [0, 0.1) is 5.82 Å². The van der Waals surface area contributed by atoms with Crippen molar-refractivity contribution in [2.24, 2.45) is 0 Å². The number of hydrogen-bond acceptors (Lipinski definition) is 5. The monoisotopic (exact) mass is 422 g/mol. The first-order valence-electron chi connectivity index (χ1n) is 8.88. The van der Waals surface area contributed by atoms with Gasteiger partial charge in [-0.15, -0.1) is 11.3 Å². The zero-order valence-corrected chi connectivity index (χ0v) is 16.5. The van der Waals surface area contributed by atoms with Crippen LogP contribution >= 0.6 is 11.3 Å².